The topological polar surface area (TPSA) is 29.5 Å². The lowest BCUT2D eigenvalue weighted by atomic mass is 9.42. The molecule has 0 bridgehead atoms. The Labute approximate surface area is 204 Å². The molecule has 0 saturated heterocycles. The van der Waals surface area contributed by atoms with Crippen LogP contribution in [0.25, 0.3) is 0 Å². The van der Waals surface area contributed by atoms with Gasteiger partial charge in [-0.15, -0.1) is 0 Å². The molecule has 0 aromatic heterocycles. The Kier molecular flexibility index (Phi) is 5.60. The molecule has 0 unspecified atom stereocenters. The molecule has 0 aromatic carbocycles. The van der Waals surface area contributed by atoms with E-state index in [0.717, 1.165) is 24.2 Å². The van der Waals surface area contributed by atoms with Gasteiger partial charge in [0.05, 0.1) is 12.2 Å². The van der Waals surface area contributed by atoms with E-state index in [4.69, 9.17) is 4.74 Å². The fourth-order valence-electron chi connectivity index (χ4n) is 11.3. The Hall–Kier alpha value is -0.340. The maximum absolute atomic E-state index is 10.9. The van der Waals surface area contributed by atoms with Crippen molar-refractivity contribution in [2.24, 2.45) is 50.7 Å². The lowest BCUT2D eigenvalue weighted by molar-refractivity contribution is -0.178. The number of rotatable bonds is 1. The molecule has 1 N–H and O–H groups in total. The molecular formula is C31H52O2. The van der Waals surface area contributed by atoms with Crippen molar-refractivity contribution in [3.05, 3.63) is 11.6 Å². The van der Waals surface area contributed by atoms with E-state index in [1.54, 1.807) is 5.57 Å². The third-order valence-corrected chi connectivity index (χ3v) is 13.1. The number of fused-ring (bicyclic) bond motifs is 6. The van der Waals surface area contributed by atoms with Crippen LogP contribution in [-0.4, -0.2) is 24.4 Å². The summed E-state index contributed by atoms with van der Waals surface area (Å²) in [5.74, 6) is 2.91. The maximum atomic E-state index is 10.9. The van der Waals surface area contributed by atoms with Crippen molar-refractivity contribution in [3.8, 4) is 0 Å². The van der Waals surface area contributed by atoms with E-state index in [1.165, 1.54) is 57.8 Å². The minimum Gasteiger partial charge on any atom is -0.393 e. The quantitative estimate of drug-likeness (QED) is 0.408. The Bertz CT molecular complexity index is 810. The van der Waals surface area contributed by atoms with Crippen LogP contribution in [0.15, 0.2) is 11.6 Å². The second-order valence-electron chi connectivity index (χ2n) is 15.1. The number of aliphatic hydroxyl groups is 1. The summed E-state index contributed by atoms with van der Waals surface area (Å²) in [7, 11) is 1.94. The van der Waals surface area contributed by atoms with E-state index in [9.17, 15) is 5.11 Å². The van der Waals surface area contributed by atoms with Crippen LogP contribution in [0, 0.1) is 50.7 Å². The summed E-state index contributed by atoms with van der Waals surface area (Å²) in [6.45, 7) is 17.7. The minimum absolute atomic E-state index is 0.0254. The van der Waals surface area contributed by atoms with Crippen molar-refractivity contribution >= 4 is 0 Å². The van der Waals surface area contributed by atoms with E-state index in [2.05, 4.69) is 54.5 Å². The van der Waals surface area contributed by atoms with Crippen LogP contribution in [0.4, 0.5) is 0 Å². The third-order valence-electron chi connectivity index (χ3n) is 13.1. The third kappa shape index (κ3) is 3.24. The van der Waals surface area contributed by atoms with Gasteiger partial charge < -0.3 is 9.84 Å². The van der Waals surface area contributed by atoms with Crippen LogP contribution in [0.5, 0.6) is 0 Å². The van der Waals surface area contributed by atoms with Gasteiger partial charge in [0.25, 0.3) is 0 Å². The first-order chi connectivity index (χ1) is 15.3. The molecule has 5 aliphatic rings. The summed E-state index contributed by atoms with van der Waals surface area (Å²) in [6.07, 6.45) is 15.7. The fraction of sp³-hybridized carbons (Fsp3) is 0.935. The highest BCUT2D eigenvalue weighted by Gasteiger charge is 2.63. The predicted molar refractivity (Wildman–Crippen MR) is 137 cm³/mol. The fourth-order valence-corrected chi connectivity index (χ4v) is 11.3. The monoisotopic (exact) mass is 456 g/mol. The highest BCUT2D eigenvalue weighted by atomic mass is 16.5. The zero-order chi connectivity index (χ0) is 24.0. The molecule has 33 heavy (non-hydrogen) atoms. The van der Waals surface area contributed by atoms with Gasteiger partial charge in [0, 0.05) is 7.11 Å². The van der Waals surface area contributed by atoms with Crippen molar-refractivity contribution in [2.75, 3.05) is 7.11 Å². The van der Waals surface area contributed by atoms with E-state index in [-0.39, 0.29) is 16.9 Å². The first-order valence-electron chi connectivity index (χ1n) is 14.2. The lowest BCUT2D eigenvalue weighted by Crippen LogP contribution is -2.58. The second-order valence-corrected chi connectivity index (χ2v) is 15.1. The molecule has 0 heterocycles. The average Bonchev–Trinajstić information content (AvgIpc) is 2.88. The SMILES string of the molecule is CO[C@@H]1CC[C@]2(C)[C@H](CC[C@@]3(C)CC4=CC[C@@H]5C(C)(C)[C@H](O)CC[C@@]5(C)[C@@H]4CC[C@@H]32)C1(C)C. The molecule has 2 heteroatoms. The highest BCUT2D eigenvalue weighted by Crippen LogP contribution is 2.70. The van der Waals surface area contributed by atoms with Gasteiger partial charge in [-0.2, -0.15) is 0 Å². The standard InChI is InChI=1S/C31H52O2/c1-27(2)22-11-9-20-19-29(5)16-13-23-28(3,4)26(33-8)15-18-31(23,7)24(29)12-10-21(20)30(22,6)17-14-25(27)32/h9,21-26,32H,10-19H2,1-8H3/t21-,22-,23-,24+,25-,26-,29+,30+,31-/m1/s1. The van der Waals surface area contributed by atoms with Crippen molar-refractivity contribution in [3.63, 3.8) is 0 Å². The zero-order valence-electron chi connectivity index (χ0n) is 23.0. The summed E-state index contributed by atoms with van der Waals surface area (Å²) in [6, 6.07) is 0. The number of allylic oxidation sites excluding steroid dienone is 2. The Balaban J connectivity index is 1.49. The summed E-state index contributed by atoms with van der Waals surface area (Å²) >= 11 is 0. The first kappa shape index (κ1) is 24.4. The zero-order valence-corrected chi connectivity index (χ0v) is 23.0. The molecule has 0 radical (unpaired) electrons. The van der Waals surface area contributed by atoms with Crippen LogP contribution in [-0.2, 0) is 4.74 Å². The molecule has 4 fully saturated rings. The summed E-state index contributed by atoms with van der Waals surface area (Å²) in [5, 5.41) is 10.9. The Morgan fingerprint density at radius 2 is 1.45 bits per heavy atom. The van der Waals surface area contributed by atoms with Crippen molar-refractivity contribution < 1.29 is 9.84 Å². The molecule has 0 spiro atoms. The Morgan fingerprint density at radius 3 is 2.15 bits per heavy atom. The van der Waals surface area contributed by atoms with Crippen molar-refractivity contribution in [2.45, 2.75) is 125 Å². The van der Waals surface area contributed by atoms with Crippen LogP contribution in [0.2, 0.25) is 0 Å². The van der Waals surface area contributed by atoms with Gasteiger partial charge >= 0.3 is 0 Å². The predicted octanol–water partition coefficient (Wildman–Crippen LogP) is 7.79. The Morgan fingerprint density at radius 1 is 0.758 bits per heavy atom. The lowest BCUT2D eigenvalue weighted by Gasteiger charge is -2.64. The number of hydrogen-bond donors (Lipinski definition) is 1. The van der Waals surface area contributed by atoms with Crippen LogP contribution in [0.1, 0.15) is 113 Å². The molecule has 2 nitrogen and oxygen atoms in total. The second kappa shape index (κ2) is 7.58. The van der Waals surface area contributed by atoms with Gasteiger partial charge in [-0.25, -0.2) is 0 Å². The van der Waals surface area contributed by atoms with E-state index < -0.39 is 0 Å². The molecule has 0 aromatic rings. The van der Waals surface area contributed by atoms with Crippen molar-refractivity contribution in [1.29, 1.82) is 0 Å². The van der Waals surface area contributed by atoms with Gasteiger partial charge in [0.15, 0.2) is 0 Å². The van der Waals surface area contributed by atoms with Gasteiger partial charge in [-0.05, 0) is 115 Å². The molecule has 0 aliphatic heterocycles. The number of aliphatic hydroxyl groups excluding tert-OH is 1. The largest absolute Gasteiger partial charge is 0.393 e. The van der Waals surface area contributed by atoms with Gasteiger partial charge in [-0.3, -0.25) is 0 Å². The summed E-state index contributed by atoms with van der Waals surface area (Å²) in [4.78, 5) is 0. The molecule has 5 aliphatic carbocycles. The summed E-state index contributed by atoms with van der Waals surface area (Å²) in [5.41, 5.74) is 3.32. The normalized spacial score (nSPS) is 52.9. The molecule has 9 atom stereocenters. The average molecular weight is 457 g/mol. The number of methoxy groups -OCH3 is 1. The summed E-state index contributed by atoms with van der Waals surface area (Å²) < 4.78 is 6.03. The molecular weight excluding hydrogens is 404 g/mol. The van der Waals surface area contributed by atoms with E-state index in [1.807, 2.05) is 7.11 Å². The van der Waals surface area contributed by atoms with Crippen LogP contribution < -0.4 is 0 Å². The molecule has 188 valence electrons. The van der Waals surface area contributed by atoms with E-state index >= 15 is 0 Å². The van der Waals surface area contributed by atoms with E-state index in [0.29, 0.717) is 28.3 Å². The molecule has 0 amide bonds. The highest BCUT2D eigenvalue weighted by molar-refractivity contribution is 5.25. The molecule has 5 rings (SSSR count). The van der Waals surface area contributed by atoms with Crippen molar-refractivity contribution in [1.82, 2.24) is 0 Å². The number of hydrogen-bond acceptors (Lipinski definition) is 2. The smallest absolute Gasteiger partial charge is 0.0625 e. The maximum Gasteiger partial charge on any atom is 0.0625 e. The molecule has 4 saturated carbocycles. The van der Waals surface area contributed by atoms with Gasteiger partial charge in [0.2, 0.25) is 0 Å². The van der Waals surface area contributed by atoms with Crippen LogP contribution >= 0.6 is 0 Å². The number of ether oxygens (including phenoxy) is 1. The van der Waals surface area contributed by atoms with Gasteiger partial charge in [0.1, 0.15) is 0 Å². The minimum atomic E-state index is -0.144. The first-order valence-corrected chi connectivity index (χ1v) is 14.2. The van der Waals surface area contributed by atoms with Crippen LogP contribution in [0.3, 0.4) is 0 Å². The van der Waals surface area contributed by atoms with Gasteiger partial charge in [-0.1, -0.05) is 60.1 Å².